The number of halogens is 1. The SMILES string of the molecule is CN1C(=O)CC(NCc2cc(Cl)cs2)C1=O. The van der Waals surface area contributed by atoms with Gasteiger partial charge in [0.15, 0.2) is 0 Å². The number of likely N-dealkylation sites (tertiary alicyclic amines) is 1. The van der Waals surface area contributed by atoms with Gasteiger partial charge in [-0.3, -0.25) is 14.5 Å². The van der Waals surface area contributed by atoms with Crippen molar-refractivity contribution >= 4 is 34.8 Å². The van der Waals surface area contributed by atoms with Gasteiger partial charge in [-0.1, -0.05) is 11.6 Å². The number of carbonyl (C=O) groups excluding carboxylic acids is 2. The minimum absolute atomic E-state index is 0.133. The molecule has 2 amide bonds. The lowest BCUT2D eigenvalue weighted by molar-refractivity contribution is -0.137. The van der Waals surface area contributed by atoms with E-state index in [1.807, 2.05) is 11.4 Å². The maximum atomic E-state index is 11.6. The largest absolute Gasteiger partial charge is 0.300 e. The summed E-state index contributed by atoms with van der Waals surface area (Å²) in [6.07, 6.45) is 0.244. The molecule has 1 aromatic rings. The van der Waals surface area contributed by atoms with Gasteiger partial charge in [0.25, 0.3) is 0 Å². The minimum atomic E-state index is -0.390. The summed E-state index contributed by atoms with van der Waals surface area (Å²) in [7, 11) is 1.51. The molecule has 16 heavy (non-hydrogen) atoms. The first-order valence-electron chi connectivity index (χ1n) is 4.84. The highest BCUT2D eigenvalue weighted by Crippen LogP contribution is 2.19. The molecule has 4 nitrogen and oxygen atoms in total. The highest BCUT2D eigenvalue weighted by molar-refractivity contribution is 7.10. The van der Waals surface area contributed by atoms with Gasteiger partial charge in [-0.05, 0) is 6.07 Å². The Morgan fingerprint density at radius 1 is 1.62 bits per heavy atom. The van der Waals surface area contributed by atoms with Crippen LogP contribution in [0.4, 0.5) is 0 Å². The number of likely N-dealkylation sites (N-methyl/N-ethyl adjacent to an activating group) is 1. The van der Waals surface area contributed by atoms with Crippen LogP contribution < -0.4 is 5.32 Å². The van der Waals surface area contributed by atoms with E-state index in [-0.39, 0.29) is 18.2 Å². The zero-order valence-corrected chi connectivity index (χ0v) is 10.3. The highest BCUT2D eigenvalue weighted by atomic mass is 35.5. The van der Waals surface area contributed by atoms with Crippen molar-refractivity contribution in [3.05, 3.63) is 21.3 Å². The monoisotopic (exact) mass is 258 g/mol. The third-order valence-corrected chi connectivity index (χ3v) is 3.81. The Labute approximate surface area is 102 Å². The number of carbonyl (C=O) groups is 2. The average molecular weight is 259 g/mol. The Morgan fingerprint density at radius 3 is 2.88 bits per heavy atom. The van der Waals surface area contributed by atoms with Gasteiger partial charge < -0.3 is 5.32 Å². The van der Waals surface area contributed by atoms with E-state index < -0.39 is 6.04 Å². The number of nitrogens with zero attached hydrogens (tertiary/aromatic N) is 1. The molecule has 0 spiro atoms. The van der Waals surface area contributed by atoms with E-state index in [1.165, 1.54) is 23.3 Å². The molecule has 1 aliphatic rings. The lowest BCUT2D eigenvalue weighted by Crippen LogP contribution is -2.36. The maximum absolute atomic E-state index is 11.6. The van der Waals surface area contributed by atoms with Gasteiger partial charge in [-0.2, -0.15) is 0 Å². The Hall–Kier alpha value is -0.910. The lowest BCUT2D eigenvalue weighted by Gasteiger charge is -2.09. The van der Waals surface area contributed by atoms with E-state index in [4.69, 9.17) is 11.6 Å². The van der Waals surface area contributed by atoms with E-state index in [9.17, 15) is 9.59 Å². The Morgan fingerprint density at radius 2 is 2.38 bits per heavy atom. The molecule has 6 heteroatoms. The van der Waals surface area contributed by atoms with Gasteiger partial charge in [-0.25, -0.2) is 0 Å². The summed E-state index contributed by atoms with van der Waals surface area (Å²) in [5.41, 5.74) is 0. The van der Waals surface area contributed by atoms with Crippen LogP contribution in [0.25, 0.3) is 0 Å². The van der Waals surface area contributed by atoms with Crippen LogP contribution in [-0.2, 0) is 16.1 Å². The van der Waals surface area contributed by atoms with Gasteiger partial charge >= 0.3 is 0 Å². The second kappa shape index (κ2) is 4.53. The second-order valence-electron chi connectivity index (χ2n) is 3.66. The predicted octanol–water partition coefficient (Wildman–Crippen LogP) is 1.25. The zero-order chi connectivity index (χ0) is 11.7. The number of hydrogen-bond donors (Lipinski definition) is 1. The summed E-state index contributed by atoms with van der Waals surface area (Å²) in [5, 5.41) is 5.60. The molecule has 0 saturated carbocycles. The molecule has 0 bridgehead atoms. The smallest absolute Gasteiger partial charge is 0.246 e. The van der Waals surface area contributed by atoms with Crippen molar-refractivity contribution in [3.8, 4) is 0 Å². The predicted molar refractivity (Wildman–Crippen MR) is 62.4 cm³/mol. The van der Waals surface area contributed by atoms with Crippen LogP contribution in [-0.4, -0.2) is 29.8 Å². The molecule has 2 heterocycles. The van der Waals surface area contributed by atoms with E-state index in [0.717, 1.165) is 4.88 Å². The van der Waals surface area contributed by atoms with Crippen molar-refractivity contribution in [1.82, 2.24) is 10.2 Å². The van der Waals surface area contributed by atoms with E-state index in [0.29, 0.717) is 11.6 Å². The van der Waals surface area contributed by atoms with Crippen molar-refractivity contribution in [3.63, 3.8) is 0 Å². The fourth-order valence-corrected chi connectivity index (χ4v) is 2.61. The summed E-state index contributed by atoms with van der Waals surface area (Å²) in [4.78, 5) is 25.0. The molecule has 1 atom stereocenters. The van der Waals surface area contributed by atoms with Crippen LogP contribution in [0.5, 0.6) is 0 Å². The van der Waals surface area contributed by atoms with Crippen molar-refractivity contribution < 1.29 is 9.59 Å². The molecule has 2 rings (SSSR count). The quantitative estimate of drug-likeness (QED) is 0.831. The van der Waals surface area contributed by atoms with Crippen molar-refractivity contribution in [2.75, 3.05) is 7.05 Å². The molecule has 1 N–H and O–H groups in total. The number of imide groups is 1. The van der Waals surface area contributed by atoms with Gasteiger partial charge in [0, 0.05) is 23.8 Å². The zero-order valence-electron chi connectivity index (χ0n) is 8.70. The Bertz CT molecular complexity index is 432. The van der Waals surface area contributed by atoms with Gasteiger partial charge in [-0.15, -0.1) is 11.3 Å². The summed E-state index contributed by atoms with van der Waals surface area (Å²) in [6, 6.07) is 1.46. The topological polar surface area (TPSA) is 49.4 Å². The summed E-state index contributed by atoms with van der Waals surface area (Å²) in [5.74, 6) is -0.292. The van der Waals surface area contributed by atoms with Gasteiger partial charge in [0.2, 0.25) is 11.8 Å². The molecule has 0 aromatic carbocycles. The molecule has 1 fully saturated rings. The van der Waals surface area contributed by atoms with Crippen molar-refractivity contribution in [2.45, 2.75) is 19.0 Å². The standard InChI is InChI=1S/C10H11ClN2O2S/c1-13-9(14)3-8(10(13)15)12-4-7-2-6(11)5-16-7/h2,5,8,12H,3-4H2,1H3. The highest BCUT2D eigenvalue weighted by Gasteiger charge is 2.35. The third kappa shape index (κ3) is 2.26. The Balaban J connectivity index is 1.92. The van der Waals surface area contributed by atoms with Gasteiger partial charge in [0.05, 0.1) is 17.5 Å². The number of amides is 2. The molecule has 86 valence electrons. The molecule has 0 radical (unpaired) electrons. The van der Waals surface area contributed by atoms with E-state index >= 15 is 0 Å². The number of nitrogens with one attached hydrogen (secondary N) is 1. The fraction of sp³-hybridized carbons (Fsp3) is 0.400. The lowest BCUT2D eigenvalue weighted by atomic mass is 10.2. The maximum Gasteiger partial charge on any atom is 0.246 e. The molecular weight excluding hydrogens is 248 g/mol. The molecular formula is C10H11ClN2O2S. The molecule has 1 unspecified atom stereocenters. The first-order chi connectivity index (χ1) is 7.58. The number of hydrogen-bond acceptors (Lipinski definition) is 4. The van der Waals surface area contributed by atoms with Crippen LogP contribution in [0.3, 0.4) is 0 Å². The molecule has 0 aliphatic carbocycles. The van der Waals surface area contributed by atoms with E-state index in [2.05, 4.69) is 5.32 Å². The van der Waals surface area contributed by atoms with Crippen LogP contribution in [0.15, 0.2) is 11.4 Å². The summed E-state index contributed by atoms with van der Waals surface area (Å²) < 4.78 is 0. The van der Waals surface area contributed by atoms with Crippen molar-refractivity contribution in [1.29, 1.82) is 0 Å². The third-order valence-electron chi connectivity index (χ3n) is 2.53. The van der Waals surface area contributed by atoms with Gasteiger partial charge in [0.1, 0.15) is 0 Å². The molecule has 1 saturated heterocycles. The van der Waals surface area contributed by atoms with Crippen LogP contribution in [0.2, 0.25) is 5.02 Å². The Kier molecular flexibility index (Phi) is 3.28. The van der Waals surface area contributed by atoms with Crippen LogP contribution in [0.1, 0.15) is 11.3 Å². The average Bonchev–Trinajstić information content (AvgIpc) is 2.76. The van der Waals surface area contributed by atoms with Crippen molar-refractivity contribution in [2.24, 2.45) is 0 Å². The second-order valence-corrected chi connectivity index (χ2v) is 5.09. The normalized spacial score (nSPS) is 20.9. The summed E-state index contributed by atoms with van der Waals surface area (Å²) in [6.45, 7) is 0.564. The summed E-state index contributed by atoms with van der Waals surface area (Å²) >= 11 is 7.32. The molecule has 1 aromatic heterocycles. The minimum Gasteiger partial charge on any atom is -0.300 e. The first kappa shape index (κ1) is 11.6. The fourth-order valence-electron chi connectivity index (χ4n) is 1.59. The van der Waals surface area contributed by atoms with E-state index in [1.54, 1.807) is 0 Å². The molecule has 1 aliphatic heterocycles. The number of thiophene rings is 1. The van der Waals surface area contributed by atoms with Crippen LogP contribution in [0, 0.1) is 0 Å². The number of rotatable bonds is 3. The van der Waals surface area contributed by atoms with Crippen LogP contribution >= 0.6 is 22.9 Å². The first-order valence-corrected chi connectivity index (χ1v) is 6.10.